The molecule has 0 aromatic heterocycles. The Morgan fingerprint density at radius 1 is 1.30 bits per heavy atom. The number of carbonyl (C=O) groups is 2. The molecule has 20 heavy (non-hydrogen) atoms. The molecule has 0 spiro atoms. The highest BCUT2D eigenvalue weighted by atomic mass is 16.2. The molecule has 2 amide bonds. The molecule has 0 heterocycles. The second-order valence-electron chi connectivity index (χ2n) is 6.28. The Morgan fingerprint density at radius 2 is 1.90 bits per heavy atom. The Hall–Kier alpha value is -1.10. The summed E-state index contributed by atoms with van der Waals surface area (Å²) in [5.41, 5.74) is 6.07. The molecule has 0 aromatic rings. The predicted molar refractivity (Wildman–Crippen MR) is 79.9 cm³/mol. The van der Waals surface area contributed by atoms with Crippen LogP contribution < -0.4 is 11.1 Å². The summed E-state index contributed by atoms with van der Waals surface area (Å²) in [5, 5.41) is 2.84. The van der Waals surface area contributed by atoms with Crippen molar-refractivity contribution >= 4 is 11.8 Å². The fourth-order valence-corrected chi connectivity index (χ4v) is 2.92. The van der Waals surface area contributed by atoms with Crippen LogP contribution in [0.4, 0.5) is 0 Å². The Kier molecular flexibility index (Phi) is 5.99. The second-order valence-corrected chi connectivity index (χ2v) is 6.28. The predicted octanol–water partition coefficient (Wildman–Crippen LogP) is 0.979. The SMILES string of the molecule is CCN(C)C(=O)C(C)NC(=O)C1CC(N)C(C)CC1C. The van der Waals surface area contributed by atoms with Crippen molar-refractivity contribution in [3.05, 3.63) is 0 Å². The van der Waals surface area contributed by atoms with E-state index in [4.69, 9.17) is 5.73 Å². The zero-order valence-corrected chi connectivity index (χ0v) is 13.3. The van der Waals surface area contributed by atoms with Crippen LogP contribution in [-0.2, 0) is 9.59 Å². The lowest BCUT2D eigenvalue weighted by Gasteiger charge is -2.36. The highest BCUT2D eigenvalue weighted by Gasteiger charge is 2.35. The van der Waals surface area contributed by atoms with Crippen LogP contribution in [-0.4, -0.2) is 42.4 Å². The quantitative estimate of drug-likeness (QED) is 0.807. The van der Waals surface area contributed by atoms with Crippen molar-refractivity contribution in [1.82, 2.24) is 10.2 Å². The lowest BCUT2D eigenvalue weighted by Crippen LogP contribution is -2.50. The van der Waals surface area contributed by atoms with Crippen LogP contribution in [0.3, 0.4) is 0 Å². The number of hydrogen-bond donors (Lipinski definition) is 2. The third-order valence-corrected chi connectivity index (χ3v) is 4.60. The lowest BCUT2D eigenvalue weighted by molar-refractivity contribution is -0.137. The molecular formula is C15H29N3O2. The molecule has 5 nitrogen and oxygen atoms in total. The molecule has 0 bridgehead atoms. The molecule has 116 valence electrons. The first kappa shape index (κ1) is 17.0. The van der Waals surface area contributed by atoms with E-state index in [0.717, 1.165) is 6.42 Å². The van der Waals surface area contributed by atoms with Gasteiger partial charge in [-0.3, -0.25) is 9.59 Å². The summed E-state index contributed by atoms with van der Waals surface area (Å²) in [4.78, 5) is 25.9. The standard InChI is InChI=1S/C15H29N3O2/c1-6-18(5)15(20)11(4)17-14(19)12-8-13(16)10(3)7-9(12)2/h9-13H,6-8,16H2,1-5H3,(H,17,19). The topological polar surface area (TPSA) is 75.4 Å². The van der Waals surface area contributed by atoms with E-state index in [1.807, 2.05) is 6.92 Å². The molecule has 5 atom stereocenters. The summed E-state index contributed by atoms with van der Waals surface area (Å²) in [6.07, 6.45) is 1.68. The van der Waals surface area contributed by atoms with E-state index >= 15 is 0 Å². The summed E-state index contributed by atoms with van der Waals surface area (Å²) >= 11 is 0. The van der Waals surface area contributed by atoms with Gasteiger partial charge in [-0.1, -0.05) is 13.8 Å². The van der Waals surface area contributed by atoms with Crippen LogP contribution in [0.15, 0.2) is 0 Å². The van der Waals surface area contributed by atoms with E-state index in [-0.39, 0.29) is 23.8 Å². The number of hydrogen-bond acceptors (Lipinski definition) is 3. The van der Waals surface area contributed by atoms with Crippen molar-refractivity contribution in [1.29, 1.82) is 0 Å². The molecule has 0 aromatic carbocycles. The maximum Gasteiger partial charge on any atom is 0.244 e. The molecule has 5 unspecified atom stereocenters. The number of amides is 2. The van der Waals surface area contributed by atoms with Crippen molar-refractivity contribution in [3.63, 3.8) is 0 Å². The monoisotopic (exact) mass is 283 g/mol. The molecule has 3 N–H and O–H groups in total. The van der Waals surface area contributed by atoms with Crippen LogP contribution in [0.2, 0.25) is 0 Å². The van der Waals surface area contributed by atoms with Gasteiger partial charge in [0.2, 0.25) is 11.8 Å². The number of likely N-dealkylation sites (N-methyl/N-ethyl adjacent to an activating group) is 1. The Labute approximate surface area is 122 Å². The summed E-state index contributed by atoms with van der Waals surface area (Å²) in [6.45, 7) is 8.52. The largest absolute Gasteiger partial charge is 0.344 e. The van der Waals surface area contributed by atoms with E-state index in [1.54, 1.807) is 18.9 Å². The van der Waals surface area contributed by atoms with Gasteiger partial charge in [0.15, 0.2) is 0 Å². The van der Waals surface area contributed by atoms with Gasteiger partial charge in [0.05, 0.1) is 0 Å². The molecule has 1 fully saturated rings. The first-order chi connectivity index (χ1) is 9.27. The van der Waals surface area contributed by atoms with Crippen LogP contribution in [0.25, 0.3) is 0 Å². The first-order valence-electron chi connectivity index (χ1n) is 7.58. The average Bonchev–Trinajstić information content (AvgIpc) is 2.40. The zero-order chi connectivity index (χ0) is 15.4. The van der Waals surface area contributed by atoms with Gasteiger partial charge in [0.1, 0.15) is 6.04 Å². The Balaban J connectivity index is 2.60. The van der Waals surface area contributed by atoms with Gasteiger partial charge in [-0.05, 0) is 38.5 Å². The van der Waals surface area contributed by atoms with Crippen molar-refractivity contribution in [2.24, 2.45) is 23.5 Å². The van der Waals surface area contributed by atoms with E-state index in [2.05, 4.69) is 19.2 Å². The first-order valence-corrected chi connectivity index (χ1v) is 7.58. The molecule has 1 aliphatic rings. The van der Waals surface area contributed by atoms with Crippen molar-refractivity contribution < 1.29 is 9.59 Å². The summed E-state index contributed by atoms with van der Waals surface area (Å²) in [7, 11) is 1.74. The van der Waals surface area contributed by atoms with E-state index in [1.165, 1.54) is 0 Å². The van der Waals surface area contributed by atoms with Gasteiger partial charge >= 0.3 is 0 Å². The Morgan fingerprint density at radius 3 is 2.45 bits per heavy atom. The number of nitrogens with two attached hydrogens (primary N) is 1. The van der Waals surface area contributed by atoms with Crippen LogP contribution in [0.1, 0.15) is 40.5 Å². The molecule has 1 aliphatic carbocycles. The molecular weight excluding hydrogens is 254 g/mol. The van der Waals surface area contributed by atoms with Crippen LogP contribution >= 0.6 is 0 Å². The maximum absolute atomic E-state index is 12.3. The molecule has 0 radical (unpaired) electrons. The fraction of sp³-hybridized carbons (Fsp3) is 0.867. The van der Waals surface area contributed by atoms with E-state index < -0.39 is 6.04 Å². The normalized spacial score (nSPS) is 31.5. The molecule has 0 saturated heterocycles. The summed E-state index contributed by atoms with van der Waals surface area (Å²) in [5.74, 6) is 0.603. The van der Waals surface area contributed by atoms with Gasteiger partial charge in [0, 0.05) is 25.6 Å². The highest BCUT2D eigenvalue weighted by Crippen LogP contribution is 2.32. The number of nitrogens with zero attached hydrogens (tertiary/aromatic N) is 1. The van der Waals surface area contributed by atoms with Gasteiger partial charge in [-0.15, -0.1) is 0 Å². The van der Waals surface area contributed by atoms with Crippen LogP contribution in [0, 0.1) is 17.8 Å². The molecule has 1 saturated carbocycles. The zero-order valence-electron chi connectivity index (χ0n) is 13.3. The summed E-state index contributed by atoms with van der Waals surface area (Å²) in [6, 6.07) is -0.401. The minimum Gasteiger partial charge on any atom is -0.344 e. The van der Waals surface area contributed by atoms with E-state index in [0.29, 0.717) is 24.8 Å². The smallest absolute Gasteiger partial charge is 0.244 e. The molecule has 1 rings (SSSR count). The number of carbonyl (C=O) groups excluding carboxylic acids is 2. The average molecular weight is 283 g/mol. The lowest BCUT2D eigenvalue weighted by atomic mass is 9.72. The van der Waals surface area contributed by atoms with Crippen molar-refractivity contribution in [2.75, 3.05) is 13.6 Å². The second kappa shape index (κ2) is 7.07. The third-order valence-electron chi connectivity index (χ3n) is 4.60. The number of rotatable bonds is 4. The third kappa shape index (κ3) is 3.95. The maximum atomic E-state index is 12.3. The van der Waals surface area contributed by atoms with Gasteiger partial charge in [0.25, 0.3) is 0 Å². The van der Waals surface area contributed by atoms with Crippen molar-refractivity contribution in [2.45, 2.75) is 52.6 Å². The Bertz CT molecular complexity index is 359. The number of nitrogens with one attached hydrogen (secondary N) is 1. The van der Waals surface area contributed by atoms with Crippen LogP contribution in [0.5, 0.6) is 0 Å². The minimum absolute atomic E-state index is 0.0368. The van der Waals surface area contributed by atoms with Gasteiger partial charge in [-0.2, -0.15) is 0 Å². The molecule has 5 heteroatoms. The van der Waals surface area contributed by atoms with Gasteiger partial charge in [-0.25, -0.2) is 0 Å². The van der Waals surface area contributed by atoms with Gasteiger partial charge < -0.3 is 16.0 Å². The summed E-state index contributed by atoms with van der Waals surface area (Å²) < 4.78 is 0. The minimum atomic E-state index is -0.477. The fourth-order valence-electron chi connectivity index (χ4n) is 2.92. The van der Waals surface area contributed by atoms with Crippen molar-refractivity contribution in [3.8, 4) is 0 Å². The highest BCUT2D eigenvalue weighted by molar-refractivity contribution is 5.88. The molecule has 0 aliphatic heterocycles. The van der Waals surface area contributed by atoms with E-state index in [9.17, 15) is 9.59 Å².